The van der Waals surface area contributed by atoms with Crippen LogP contribution in [0.2, 0.25) is 0 Å². The molecular formula is C28H32N4O3. The summed E-state index contributed by atoms with van der Waals surface area (Å²) in [6.07, 6.45) is 5.65. The Kier molecular flexibility index (Phi) is 8.70. The van der Waals surface area contributed by atoms with Gasteiger partial charge in [0.05, 0.1) is 18.6 Å². The van der Waals surface area contributed by atoms with Crippen molar-refractivity contribution in [2.45, 2.75) is 39.0 Å². The SMILES string of the molecule is CCOC(=O)CCCCCOc1ccc(-c2cc3c(NCCc4ccccc4)ncnc3[nH]2)cc1. The molecule has 2 aromatic carbocycles. The summed E-state index contributed by atoms with van der Waals surface area (Å²) in [5.74, 6) is 1.54. The highest BCUT2D eigenvalue weighted by Gasteiger charge is 2.10. The molecule has 0 saturated heterocycles. The van der Waals surface area contributed by atoms with Crippen LogP contribution in [0, 0.1) is 0 Å². The lowest BCUT2D eigenvalue weighted by Crippen LogP contribution is -2.06. The van der Waals surface area contributed by atoms with E-state index in [9.17, 15) is 4.79 Å². The Morgan fingerprint density at radius 3 is 2.63 bits per heavy atom. The van der Waals surface area contributed by atoms with Crippen LogP contribution in [0.5, 0.6) is 5.75 Å². The Bertz CT molecular complexity index is 1210. The molecule has 182 valence electrons. The molecule has 0 fully saturated rings. The molecule has 0 radical (unpaired) electrons. The second-order valence-corrected chi connectivity index (χ2v) is 8.32. The first-order valence-electron chi connectivity index (χ1n) is 12.2. The highest BCUT2D eigenvalue weighted by molar-refractivity contribution is 5.91. The number of hydrogen-bond donors (Lipinski definition) is 2. The second-order valence-electron chi connectivity index (χ2n) is 8.32. The molecule has 2 aromatic heterocycles. The Balaban J connectivity index is 1.29. The number of aromatic amines is 1. The Labute approximate surface area is 205 Å². The minimum atomic E-state index is -0.123. The van der Waals surface area contributed by atoms with Crippen molar-refractivity contribution in [3.63, 3.8) is 0 Å². The zero-order chi connectivity index (χ0) is 24.3. The number of nitrogens with one attached hydrogen (secondary N) is 2. The third-order valence-electron chi connectivity index (χ3n) is 5.74. The second kappa shape index (κ2) is 12.6. The molecule has 4 aromatic rings. The molecule has 2 N–H and O–H groups in total. The number of aromatic nitrogens is 3. The van der Waals surface area contributed by atoms with Gasteiger partial charge in [-0.15, -0.1) is 0 Å². The van der Waals surface area contributed by atoms with Crippen LogP contribution in [0.25, 0.3) is 22.3 Å². The van der Waals surface area contributed by atoms with E-state index in [2.05, 4.69) is 50.6 Å². The van der Waals surface area contributed by atoms with E-state index < -0.39 is 0 Å². The number of unbranched alkanes of at least 4 members (excludes halogenated alkanes) is 2. The fraction of sp³-hybridized carbons (Fsp3) is 0.321. The van der Waals surface area contributed by atoms with Crippen molar-refractivity contribution in [1.29, 1.82) is 0 Å². The summed E-state index contributed by atoms with van der Waals surface area (Å²) in [6.45, 7) is 3.69. The highest BCUT2D eigenvalue weighted by Crippen LogP contribution is 2.28. The van der Waals surface area contributed by atoms with Gasteiger partial charge in [-0.2, -0.15) is 0 Å². The summed E-state index contributed by atoms with van der Waals surface area (Å²) < 4.78 is 10.8. The summed E-state index contributed by atoms with van der Waals surface area (Å²) in [7, 11) is 0. The molecule has 0 atom stereocenters. The van der Waals surface area contributed by atoms with Gasteiger partial charge in [-0.3, -0.25) is 4.79 Å². The van der Waals surface area contributed by atoms with Gasteiger partial charge in [-0.05, 0) is 74.1 Å². The smallest absolute Gasteiger partial charge is 0.305 e. The van der Waals surface area contributed by atoms with Gasteiger partial charge in [0.25, 0.3) is 0 Å². The number of esters is 1. The van der Waals surface area contributed by atoms with Crippen LogP contribution in [0.4, 0.5) is 5.82 Å². The monoisotopic (exact) mass is 472 g/mol. The lowest BCUT2D eigenvalue weighted by molar-refractivity contribution is -0.143. The van der Waals surface area contributed by atoms with Gasteiger partial charge in [0.1, 0.15) is 23.5 Å². The van der Waals surface area contributed by atoms with E-state index in [-0.39, 0.29) is 5.97 Å². The van der Waals surface area contributed by atoms with Crippen molar-refractivity contribution >= 4 is 22.8 Å². The normalized spacial score (nSPS) is 10.9. The molecule has 0 aliphatic rings. The molecule has 0 amide bonds. The van der Waals surface area contributed by atoms with Gasteiger partial charge in [-0.25, -0.2) is 9.97 Å². The van der Waals surface area contributed by atoms with E-state index in [0.717, 1.165) is 66.1 Å². The molecule has 7 heteroatoms. The average molecular weight is 473 g/mol. The van der Waals surface area contributed by atoms with Crippen LogP contribution < -0.4 is 10.1 Å². The van der Waals surface area contributed by atoms with Crippen LogP contribution in [0.1, 0.15) is 38.2 Å². The van der Waals surface area contributed by atoms with Crippen molar-refractivity contribution < 1.29 is 14.3 Å². The maximum atomic E-state index is 11.4. The molecule has 2 heterocycles. The standard InChI is InChI=1S/C28H32N4O3/c1-2-34-26(33)11-7-4-8-18-35-23-14-12-22(13-15-23)25-19-24-27(30-20-31-28(24)32-25)29-17-16-21-9-5-3-6-10-21/h3,5-6,9-10,12-15,19-20H,2,4,7-8,11,16-18H2,1H3,(H2,29,30,31,32). The zero-order valence-electron chi connectivity index (χ0n) is 20.1. The Morgan fingerprint density at radius 2 is 1.83 bits per heavy atom. The molecule has 0 aliphatic heterocycles. The van der Waals surface area contributed by atoms with Gasteiger partial charge in [0.2, 0.25) is 0 Å². The number of hydrogen-bond acceptors (Lipinski definition) is 6. The van der Waals surface area contributed by atoms with Gasteiger partial charge in [-0.1, -0.05) is 30.3 Å². The first kappa shape index (κ1) is 24.3. The molecule has 4 rings (SSSR count). The van der Waals surface area contributed by atoms with Crippen LogP contribution in [0.15, 0.2) is 67.0 Å². The summed E-state index contributed by atoms with van der Waals surface area (Å²) in [5.41, 5.74) is 4.14. The number of ether oxygens (including phenoxy) is 2. The first-order chi connectivity index (χ1) is 17.2. The largest absolute Gasteiger partial charge is 0.494 e. The summed E-state index contributed by atoms with van der Waals surface area (Å²) in [4.78, 5) is 23.6. The first-order valence-corrected chi connectivity index (χ1v) is 12.2. The van der Waals surface area contributed by atoms with E-state index in [1.165, 1.54) is 5.56 Å². The third-order valence-corrected chi connectivity index (χ3v) is 5.74. The Hall–Kier alpha value is -3.87. The molecule has 0 saturated carbocycles. The maximum absolute atomic E-state index is 11.4. The number of benzene rings is 2. The number of rotatable bonds is 13. The number of carbonyl (C=O) groups is 1. The maximum Gasteiger partial charge on any atom is 0.305 e. The van der Waals surface area contributed by atoms with Crippen molar-refractivity contribution in [3.8, 4) is 17.0 Å². The summed E-state index contributed by atoms with van der Waals surface area (Å²) in [5, 5.41) is 4.41. The molecule has 0 unspecified atom stereocenters. The van der Waals surface area contributed by atoms with Gasteiger partial charge in [0, 0.05) is 18.7 Å². The fourth-order valence-corrected chi connectivity index (χ4v) is 3.91. The summed E-state index contributed by atoms with van der Waals surface area (Å²) in [6, 6.07) is 20.5. The minimum Gasteiger partial charge on any atom is -0.494 e. The molecule has 0 spiro atoms. The van der Waals surface area contributed by atoms with Gasteiger partial charge >= 0.3 is 5.97 Å². The minimum absolute atomic E-state index is 0.123. The predicted molar refractivity (Wildman–Crippen MR) is 139 cm³/mol. The van der Waals surface area contributed by atoms with Crippen molar-refractivity contribution in [3.05, 3.63) is 72.6 Å². The molecule has 7 nitrogen and oxygen atoms in total. The quantitative estimate of drug-likeness (QED) is 0.189. The lowest BCUT2D eigenvalue weighted by atomic mass is 10.1. The van der Waals surface area contributed by atoms with Crippen molar-refractivity contribution in [2.75, 3.05) is 25.1 Å². The number of carbonyl (C=O) groups excluding carboxylic acids is 1. The Morgan fingerprint density at radius 1 is 1.00 bits per heavy atom. The molecule has 0 aliphatic carbocycles. The van der Waals surface area contributed by atoms with E-state index in [4.69, 9.17) is 9.47 Å². The number of nitrogens with zero attached hydrogens (tertiary/aromatic N) is 2. The number of fused-ring (bicyclic) bond motifs is 1. The van der Waals surface area contributed by atoms with Gasteiger partial charge < -0.3 is 19.8 Å². The molecule has 0 bridgehead atoms. The fourth-order valence-electron chi connectivity index (χ4n) is 3.91. The topological polar surface area (TPSA) is 89.1 Å². The number of anilines is 1. The van der Waals surface area contributed by atoms with Crippen molar-refractivity contribution in [2.24, 2.45) is 0 Å². The summed E-state index contributed by atoms with van der Waals surface area (Å²) >= 11 is 0. The molecular weight excluding hydrogens is 440 g/mol. The van der Waals surface area contributed by atoms with Crippen LogP contribution in [-0.4, -0.2) is 40.7 Å². The predicted octanol–water partition coefficient (Wildman–Crippen LogP) is 5.78. The van der Waals surface area contributed by atoms with E-state index in [1.54, 1.807) is 6.33 Å². The third kappa shape index (κ3) is 7.06. The highest BCUT2D eigenvalue weighted by atomic mass is 16.5. The average Bonchev–Trinajstić information content (AvgIpc) is 3.33. The van der Waals surface area contributed by atoms with E-state index in [0.29, 0.717) is 19.6 Å². The van der Waals surface area contributed by atoms with E-state index in [1.807, 2.05) is 37.3 Å². The van der Waals surface area contributed by atoms with Crippen LogP contribution in [-0.2, 0) is 16.0 Å². The number of H-pyrrole nitrogens is 1. The van der Waals surface area contributed by atoms with Crippen LogP contribution in [0.3, 0.4) is 0 Å². The lowest BCUT2D eigenvalue weighted by Gasteiger charge is -2.07. The van der Waals surface area contributed by atoms with Crippen molar-refractivity contribution in [1.82, 2.24) is 15.0 Å². The van der Waals surface area contributed by atoms with E-state index >= 15 is 0 Å². The van der Waals surface area contributed by atoms with Crippen LogP contribution >= 0.6 is 0 Å². The van der Waals surface area contributed by atoms with Gasteiger partial charge in [0.15, 0.2) is 0 Å². The molecule has 35 heavy (non-hydrogen) atoms. The zero-order valence-corrected chi connectivity index (χ0v) is 20.1.